The SMILES string of the molecule is Cc1nc(CC(C)C)sc1C(=O)NCCCCN1CCC(C)CC1. The number of aromatic nitrogens is 1. The van der Waals surface area contributed by atoms with Crippen LogP contribution in [0.3, 0.4) is 0 Å². The number of amides is 1. The molecule has 1 fully saturated rings. The third-order valence-electron chi connectivity index (χ3n) is 4.69. The fourth-order valence-corrected chi connectivity index (χ4v) is 4.32. The molecule has 0 aliphatic carbocycles. The van der Waals surface area contributed by atoms with Crippen molar-refractivity contribution in [2.75, 3.05) is 26.2 Å². The molecular formula is C19H33N3OS. The van der Waals surface area contributed by atoms with E-state index >= 15 is 0 Å². The van der Waals surface area contributed by atoms with Crippen LogP contribution in [0.25, 0.3) is 0 Å². The number of piperidine rings is 1. The van der Waals surface area contributed by atoms with E-state index in [9.17, 15) is 4.79 Å². The summed E-state index contributed by atoms with van der Waals surface area (Å²) in [6.45, 7) is 13.1. The van der Waals surface area contributed by atoms with E-state index in [2.05, 4.69) is 36.0 Å². The smallest absolute Gasteiger partial charge is 0.263 e. The van der Waals surface area contributed by atoms with E-state index in [0.717, 1.165) is 47.3 Å². The van der Waals surface area contributed by atoms with Gasteiger partial charge in [-0.15, -0.1) is 11.3 Å². The number of rotatable bonds is 8. The third kappa shape index (κ3) is 6.17. The number of hydrogen-bond donors (Lipinski definition) is 1. The molecule has 4 nitrogen and oxygen atoms in total. The largest absolute Gasteiger partial charge is 0.351 e. The molecule has 0 unspecified atom stereocenters. The normalized spacial score (nSPS) is 16.7. The number of carbonyl (C=O) groups excluding carboxylic acids is 1. The van der Waals surface area contributed by atoms with Crippen LogP contribution in [-0.4, -0.2) is 42.0 Å². The van der Waals surface area contributed by atoms with Gasteiger partial charge >= 0.3 is 0 Å². The Morgan fingerprint density at radius 3 is 2.71 bits per heavy atom. The van der Waals surface area contributed by atoms with Crippen LogP contribution in [0.15, 0.2) is 0 Å². The van der Waals surface area contributed by atoms with Gasteiger partial charge in [-0.25, -0.2) is 4.98 Å². The Bertz CT molecular complexity index is 519. The van der Waals surface area contributed by atoms with Crippen molar-refractivity contribution < 1.29 is 4.79 Å². The van der Waals surface area contributed by atoms with Crippen LogP contribution in [0, 0.1) is 18.8 Å². The van der Waals surface area contributed by atoms with E-state index in [1.807, 2.05) is 6.92 Å². The summed E-state index contributed by atoms with van der Waals surface area (Å²) in [5.74, 6) is 1.51. The second-order valence-corrected chi connectivity index (χ2v) is 8.69. The van der Waals surface area contributed by atoms with Crippen LogP contribution in [0.1, 0.15) is 66.8 Å². The Hall–Kier alpha value is -0.940. The van der Waals surface area contributed by atoms with Crippen molar-refractivity contribution in [3.05, 3.63) is 15.6 Å². The number of nitrogens with zero attached hydrogens (tertiary/aromatic N) is 2. The minimum atomic E-state index is 0.0480. The molecule has 2 rings (SSSR count). The fourth-order valence-electron chi connectivity index (χ4n) is 3.13. The molecule has 0 radical (unpaired) electrons. The molecule has 0 bridgehead atoms. The van der Waals surface area contributed by atoms with Gasteiger partial charge < -0.3 is 10.2 Å². The summed E-state index contributed by atoms with van der Waals surface area (Å²) < 4.78 is 0. The van der Waals surface area contributed by atoms with Gasteiger partial charge in [-0.2, -0.15) is 0 Å². The average molecular weight is 352 g/mol. The van der Waals surface area contributed by atoms with Gasteiger partial charge in [-0.1, -0.05) is 20.8 Å². The Morgan fingerprint density at radius 1 is 1.33 bits per heavy atom. The summed E-state index contributed by atoms with van der Waals surface area (Å²) in [5, 5.41) is 4.14. The van der Waals surface area contributed by atoms with Crippen LogP contribution < -0.4 is 5.32 Å². The zero-order valence-electron chi connectivity index (χ0n) is 15.7. The van der Waals surface area contributed by atoms with Gasteiger partial charge in [0.15, 0.2) is 0 Å². The minimum Gasteiger partial charge on any atom is -0.351 e. The topological polar surface area (TPSA) is 45.2 Å². The van der Waals surface area contributed by atoms with Gasteiger partial charge in [-0.3, -0.25) is 4.79 Å². The van der Waals surface area contributed by atoms with Gasteiger partial charge in [0.1, 0.15) is 4.88 Å². The molecule has 0 saturated carbocycles. The molecule has 1 aliphatic rings. The molecule has 1 saturated heterocycles. The summed E-state index contributed by atoms with van der Waals surface area (Å²) in [6, 6.07) is 0. The monoisotopic (exact) mass is 351 g/mol. The molecular weight excluding hydrogens is 318 g/mol. The van der Waals surface area contributed by atoms with Crippen molar-refractivity contribution in [2.24, 2.45) is 11.8 Å². The van der Waals surface area contributed by atoms with Crippen LogP contribution in [0.2, 0.25) is 0 Å². The van der Waals surface area contributed by atoms with Crippen molar-refractivity contribution in [1.82, 2.24) is 15.2 Å². The van der Waals surface area contributed by atoms with Gasteiger partial charge in [0.05, 0.1) is 10.7 Å². The fraction of sp³-hybridized carbons (Fsp3) is 0.789. The highest BCUT2D eigenvalue weighted by atomic mass is 32.1. The summed E-state index contributed by atoms with van der Waals surface area (Å²) in [6.07, 6.45) is 5.83. The van der Waals surface area contributed by atoms with Crippen LogP contribution in [0.4, 0.5) is 0 Å². The first kappa shape index (κ1) is 19.4. The maximum atomic E-state index is 12.3. The molecule has 1 N–H and O–H groups in total. The molecule has 136 valence electrons. The number of hydrogen-bond acceptors (Lipinski definition) is 4. The second kappa shape index (κ2) is 9.52. The third-order valence-corrected chi connectivity index (χ3v) is 5.87. The number of aryl methyl sites for hydroxylation is 1. The van der Waals surface area contributed by atoms with Crippen molar-refractivity contribution in [2.45, 2.75) is 59.8 Å². The molecule has 0 atom stereocenters. The van der Waals surface area contributed by atoms with E-state index in [0.29, 0.717) is 5.92 Å². The van der Waals surface area contributed by atoms with Crippen molar-refractivity contribution in [1.29, 1.82) is 0 Å². The maximum absolute atomic E-state index is 12.3. The van der Waals surface area contributed by atoms with E-state index in [1.165, 1.54) is 32.5 Å². The number of nitrogens with one attached hydrogen (secondary N) is 1. The summed E-state index contributed by atoms with van der Waals surface area (Å²) in [5.41, 5.74) is 0.871. The zero-order chi connectivity index (χ0) is 17.5. The quantitative estimate of drug-likeness (QED) is 0.723. The van der Waals surface area contributed by atoms with E-state index in [-0.39, 0.29) is 5.91 Å². The molecule has 0 aromatic carbocycles. The first-order valence-corrected chi connectivity index (χ1v) is 10.2. The van der Waals surface area contributed by atoms with Gasteiger partial charge in [0, 0.05) is 13.0 Å². The highest BCUT2D eigenvalue weighted by Crippen LogP contribution is 2.20. The lowest BCUT2D eigenvalue weighted by Gasteiger charge is -2.30. The zero-order valence-corrected chi connectivity index (χ0v) is 16.5. The first-order valence-electron chi connectivity index (χ1n) is 9.42. The Kier molecular flexibility index (Phi) is 7.69. The van der Waals surface area contributed by atoms with Crippen LogP contribution in [0.5, 0.6) is 0 Å². The second-order valence-electron chi connectivity index (χ2n) is 7.61. The lowest BCUT2D eigenvalue weighted by molar-refractivity contribution is 0.0955. The number of carbonyl (C=O) groups is 1. The average Bonchev–Trinajstić information content (AvgIpc) is 2.88. The van der Waals surface area contributed by atoms with Gasteiger partial charge in [0.25, 0.3) is 5.91 Å². The lowest BCUT2D eigenvalue weighted by atomic mass is 9.99. The highest BCUT2D eigenvalue weighted by molar-refractivity contribution is 7.13. The molecule has 1 aromatic heterocycles. The van der Waals surface area contributed by atoms with Crippen molar-refractivity contribution in [3.8, 4) is 0 Å². The molecule has 1 aliphatic heterocycles. The van der Waals surface area contributed by atoms with Crippen LogP contribution >= 0.6 is 11.3 Å². The Labute approximate surface area is 151 Å². The predicted octanol–water partition coefficient (Wildman–Crippen LogP) is 3.89. The van der Waals surface area contributed by atoms with Gasteiger partial charge in [0.2, 0.25) is 0 Å². The Morgan fingerprint density at radius 2 is 2.04 bits per heavy atom. The van der Waals surface area contributed by atoms with Crippen molar-refractivity contribution >= 4 is 17.2 Å². The van der Waals surface area contributed by atoms with E-state index in [1.54, 1.807) is 11.3 Å². The molecule has 24 heavy (non-hydrogen) atoms. The van der Waals surface area contributed by atoms with E-state index < -0.39 is 0 Å². The summed E-state index contributed by atoms with van der Waals surface area (Å²) >= 11 is 1.55. The van der Waals surface area contributed by atoms with E-state index in [4.69, 9.17) is 0 Å². The van der Waals surface area contributed by atoms with Crippen molar-refractivity contribution in [3.63, 3.8) is 0 Å². The highest BCUT2D eigenvalue weighted by Gasteiger charge is 2.16. The number of thiazole rings is 1. The number of unbranched alkanes of at least 4 members (excludes halogenated alkanes) is 1. The molecule has 2 heterocycles. The minimum absolute atomic E-state index is 0.0480. The lowest BCUT2D eigenvalue weighted by Crippen LogP contribution is -2.34. The van der Waals surface area contributed by atoms with Crippen LogP contribution in [-0.2, 0) is 6.42 Å². The maximum Gasteiger partial charge on any atom is 0.263 e. The Balaban J connectivity index is 1.65. The molecule has 5 heteroatoms. The van der Waals surface area contributed by atoms with Gasteiger partial charge in [-0.05, 0) is 64.1 Å². The first-order chi connectivity index (χ1) is 11.5. The standard InChI is InChI=1S/C19H33N3OS/c1-14(2)13-17-21-16(4)18(24-17)19(23)20-9-5-6-10-22-11-7-15(3)8-12-22/h14-15H,5-13H2,1-4H3,(H,20,23). The number of likely N-dealkylation sites (tertiary alicyclic amines) is 1. The summed E-state index contributed by atoms with van der Waals surface area (Å²) in [7, 11) is 0. The predicted molar refractivity (Wildman–Crippen MR) is 102 cm³/mol. The molecule has 1 aromatic rings. The molecule has 0 spiro atoms. The summed E-state index contributed by atoms with van der Waals surface area (Å²) in [4.78, 5) is 20.2. The molecule has 1 amide bonds.